The van der Waals surface area contributed by atoms with E-state index in [1.54, 1.807) is 29.2 Å². The molecule has 1 aromatic heterocycles. The summed E-state index contributed by atoms with van der Waals surface area (Å²) in [5, 5.41) is 10.7. The molecular weight excluding hydrogens is 544 g/mol. The summed E-state index contributed by atoms with van der Waals surface area (Å²) in [6, 6.07) is 19.9. The highest BCUT2D eigenvalue weighted by atomic mass is 16.4. The van der Waals surface area contributed by atoms with E-state index < -0.39 is 41.9 Å². The zero-order chi connectivity index (χ0) is 30.0. The highest BCUT2D eigenvalue weighted by Gasteiger charge is 2.54. The fraction of sp³-hybridized carbons (Fsp3) is 0.294. The number of carbonyl (C=O) groups excluding carboxylic acids is 3. The molecular formula is C34H32N4O5. The normalized spacial score (nSPS) is 21.6. The van der Waals surface area contributed by atoms with Gasteiger partial charge in [-0.25, -0.2) is 14.5 Å². The number of carboxylic acids is 1. The molecule has 4 amide bonds. The molecule has 3 aliphatic rings. The summed E-state index contributed by atoms with van der Waals surface area (Å²) in [4.78, 5) is 61.8. The van der Waals surface area contributed by atoms with Gasteiger partial charge < -0.3 is 15.0 Å². The predicted molar refractivity (Wildman–Crippen MR) is 161 cm³/mol. The van der Waals surface area contributed by atoms with E-state index in [1.165, 1.54) is 10.5 Å². The molecule has 0 unspecified atom stereocenters. The van der Waals surface area contributed by atoms with Gasteiger partial charge in [-0.05, 0) is 53.6 Å². The van der Waals surface area contributed by atoms with Gasteiger partial charge in [-0.2, -0.15) is 0 Å². The first-order valence-electron chi connectivity index (χ1n) is 14.7. The number of nitrogens with zero attached hydrogens (tertiary/aromatic N) is 3. The Morgan fingerprint density at radius 1 is 0.953 bits per heavy atom. The summed E-state index contributed by atoms with van der Waals surface area (Å²) in [7, 11) is 0. The molecule has 0 bridgehead atoms. The number of aromatic amines is 1. The number of likely N-dealkylation sites (tertiary alicyclic amines) is 1. The van der Waals surface area contributed by atoms with Crippen LogP contribution in [0.25, 0.3) is 10.9 Å². The van der Waals surface area contributed by atoms with E-state index in [0.717, 1.165) is 32.6 Å². The largest absolute Gasteiger partial charge is 0.480 e. The van der Waals surface area contributed by atoms with Crippen molar-refractivity contribution >= 4 is 40.4 Å². The third-order valence-electron chi connectivity index (χ3n) is 9.14. The van der Waals surface area contributed by atoms with Crippen LogP contribution in [-0.4, -0.2) is 62.3 Å². The number of H-pyrrole nitrogens is 1. The van der Waals surface area contributed by atoms with E-state index in [0.29, 0.717) is 31.7 Å². The Bertz CT molecular complexity index is 1790. The van der Waals surface area contributed by atoms with Gasteiger partial charge in [0.15, 0.2) is 0 Å². The van der Waals surface area contributed by atoms with Crippen LogP contribution in [0.4, 0.5) is 10.5 Å². The molecule has 9 nitrogen and oxygen atoms in total. The van der Waals surface area contributed by atoms with Gasteiger partial charge in [-0.1, -0.05) is 68.4 Å². The average Bonchev–Trinajstić information content (AvgIpc) is 3.71. The van der Waals surface area contributed by atoms with Crippen molar-refractivity contribution < 1.29 is 24.3 Å². The summed E-state index contributed by atoms with van der Waals surface area (Å²) in [6.45, 7) is 4.56. The number of nitrogens with one attached hydrogen (secondary N) is 1. The van der Waals surface area contributed by atoms with Crippen molar-refractivity contribution in [2.24, 2.45) is 0 Å². The first-order chi connectivity index (χ1) is 20.8. The second kappa shape index (κ2) is 10.1. The van der Waals surface area contributed by atoms with Crippen molar-refractivity contribution in [1.29, 1.82) is 0 Å². The maximum Gasteiger partial charge on any atom is 0.332 e. The van der Waals surface area contributed by atoms with Crippen molar-refractivity contribution in [3.05, 3.63) is 101 Å². The molecule has 0 spiro atoms. The lowest BCUT2D eigenvalue weighted by molar-refractivity contribution is -0.141. The Hall–Kier alpha value is -4.92. The minimum Gasteiger partial charge on any atom is -0.480 e. The number of amides is 4. The molecule has 3 atom stereocenters. The Morgan fingerprint density at radius 3 is 2.42 bits per heavy atom. The number of hydrogen-bond acceptors (Lipinski definition) is 4. The average molecular weight is 577 g/mol. The highest BCUT2D eigenvalue weighted by Crippen LogP contribution is 2.45. The van der Waals surface area contributed by atoms with Gasteiger partial charge in [0.25, 0.3) is 11.8 Å². The molecule has 7 rings (SSSR count). The van der Waals surface area contributed by atoms with Crippen molar-refractivity contribution in [3.63, 3.8) is 0 Å². The number of imide groups is 1. The van der Waals surface area contributed by atoms with Crippen molar-refractivity contribution in [1.82, 2.24) is 14.8 Å². The van der Waals surface area contributed by atoms with Crippen LogP contribution in [0.15, 0.2) is 72.8 Å². The van der Waals surface area contributed by atoms with Crippen LogP contribution in [0.1, 0.15) is 71.4 Å². The number of aromatic nitrogens is 1. The van der Waals surface area contributed by atoms with Crippen LogP contribution in [0.2, 0.25) is 0 Å². The number of benzene rings is 3. The smallest absolute Gasteiger partial charge is 0.332 e. The van der Waals surface area contributed by atoms with Crippen LogP contribution < -0.4 is 4.90 Å². The number of hydrogen-bond donors (Lipinski definition) is 2. The number of anilines is 1. The van der Waals surface area contributed by atoms with E-state index in [4.69, 9.17) is 0 Å². The van der Waals surface area contributed by atoms with Crippen molar-refractivity contribution in [2.75, 3.05) is 11.4 Å². The summed E-state index contributed by atoms with van der Waals surface area (Å²) in [6.07, 6.45) is 1.28. The Labute approximate surface area is 248 Å². The third kappa shape index (κ3) is 4.13. The van der Waals surface area contributed by atoms with Crippen LogP contribution in [0.5, 0.6) is 0 Å². The zero-order valence-electron chi connectivity index (χ0n) is 24.0. The summed E-state index contributed by atoms with van der Waals surface area (Å²) in [5.41, 5.74) is 5.20. The van der Waals surface area contributed by atoms with Gasteiger partial charge >= 0.3 is 12.0 Å². The highest BCUT2D eigenvalue weighted by molar-refractivity contribution is 6.24. The third-order valence-corrected chi connectivity index (χ3v) is 9.14. The van der Waals surface area contributed by atoms with Crippen molar-refractivity contribution in [2.45, 2.75) is 57.2 Å². The minimum atomic E-state index is -1.06. The van der Waals surface area contributed by atoms with Crippen LogP contribution >= 0.6 is 0 Å². The molecule has 0 radical (unpaired) electrons. The Kier molecular flexibility index (Phi) is 6.34. The molecule has 0 saturated carbocycles. The van der Waals surface area contributed by atoms with Gasteiger partial charge in [0, 0.05) is 29.6 Å². The second-order valence-electron chi connectivity index (χ2n) is 11.9. The fourth-order valence-corrected chi connectivity index (χ4v) is 6.98. The quantitative estimate of drug-likeness (QED) is 0.306. The monoisotopic (exact) mass is 576 g/mol. The number of carbonyl (C=O) groups is 4. The zero-order valence-corrected chi connectivity index (χ0v) is 24.0. The molecule has 3 aliphatic heterocycles. The molecule has 43 heavy (non-hydrogen) atoms. The molecule has 4 aromatic rings. The van der Waals surface area contributed by atoms with Gasteiger partial charge in [-0.3, -0.25) is 14.5 Å². The van der Waals surface area contributed by atoms with E-state index in [2.05, 4.69) is 31.0 Å². The van der Waals surface area contributed by atoms with E-state index in [-0.39, 0.29) is 11.3 Å². The predicted octanol–water partition coefficient (Wildman–Crippen LogP) is 5.46. The van der Waals surface area contributed by atoms with Gasteiger partial charge in [0.05, 0.1) is 11.3 Å². The number of aliphatic carboxylic acids is 1. The van der Waals surface area contributed by atoms with Crippen LogP contribution in [-0.2, 0) is 16.0 Å². The van der Waals surface area contributed by atoms with Gasteiger partial charge in [0.2, 0.25) is 0 Å². The van der Waals surface area contributed by atoms with E-state index in [9.17, 15) is 24.3 Å². The topological polar surface area (TPSA) is 114 Å². The molecule has 218 valence electrons. The van der Waals surface area contributed by atoms with Gasteiger partial charge in [-0.15, -0.1) is 0 Å². The second-order valence-corrected chi connectivity index (χ2v) is 11.9. The van der Waals surface area contributed by atoms with E-state index in [1.807, 2.05) is 36.4 Å². The summed E-state index contributed by atoms with van der Waals surface area (Å²) >= 11 is 0. The molecule has 0 aliphatic carbocycles. The van der Waals surface area contributed by atoms with Crippen LogP contribution in [0.3, 0.4) is 0 Å². The lowest BCUT2D eigenvalue weighted by atomic mass is 9.88. The van der Waals surface area contributed by atoms with Gasteiger partial charge in [0.1, 0.15) is 18.1 Å². The molecule has 9 heteroatoms. The first-order valence-corrected chi connectivity index (χ1v) is 14.7. The molecule has 4 heterocycles. The Morgan fingerprint density at radius 2 is 1.67 bits per heavy atom. The number of rotatable bonds is 5. The standard InChI is InChI=1S/C34H32N4O5/c1-19(2)20-13-15-21(16-14-20)30-29-24(22-8-3-5-10-25(22)35-29)18-28-32(40)38(34(43)37(28)30)26-11-6-4-9-23(26)31(39)36-17-7-12-27(36)33(41)42/h3-6,8-11,13-16,19,27-28,30,35H,7,12,17-18H2,1-2H3,(H,41,42)/t27-,28+,30-/m1/s1. The molecule has 2 N–H and O–H groups in total. The number of urea groups is 1. The number of para-hydroxylation sites is 2. The lowest BCUT2D eigenvalue weighted by Gasteiger charge is -2.36. The summed E-state index contributed by atoms with van der Waals surface area (Å²) < 4.78 is 0. The SMILES string of the molecule is CC(C)c1ccc([C@@H]2c3[nH]c4ccccc4c3C[C@H]3C(=O)N(c4ccccc4C(=O)N4CCC[C@@H]4C(=O)O)C(=O)N23)cc1. The number of fused-ring (bicyclic) bond motifs is 4. The lowest BCUT2D eigenvalue weighted by Crippen LogP contribution is -2.44. The minimum absolute atomic E-state index is 0.138. The molecule has 3 aromatic carbocycles. The van der Waals surface area contributed by atoms with E-state index >= 15 is 0 Å². The molecule has 2 saturated heterocycles. The first kappa shape index (κ1) is 26.9. The Balaban J connectivity index is 1.33. The molecule has 2 fully saturated rings. The maximum atomic E-state index is 14.4. The maximum absolute atomic E-state index is 14.4. The number of carboxylic acid groups (broad SMARTS) is 1. The fourth-order valence-electron chi connectivity index (χ4n) is 6.98. The van der Waals surface area contributed by atoms with Crippen LogP contribution in [0, 0.1) is 0 Å². The van der Waals surface area contributed by atoms with Crippen molar-refractivity contribution in [3.8, 4) is 0 Å². The summed E-state index contributed by atoms with van der Waals surface area (Å²) in [5.74, 6) is -1.62.